The highest BCUT2D eigenvalue weighted by atomic mass is 19.4. The number of anilines is 1. The number of rotatable bonds is 4. The maximum atomic E-state index is 13.4. The molecule has 0 saturated carbocycles. The third kappa shape index (κ3) is 6.22. The molecule has 0 radical (unpaired) electrons. The lowest BCUT2D eigenvalue weighted by Gasteiger charge is -2.35. The molecule has 7 nitrogen and oxygen atoms in total. The van der Waals surface area contributed by atoms with Gasteiger partial charge in [0.05, 0.1) is 18.9 Å². The van der Waals surface area contributed by atoms with E-state index in [1.165, 1.54) is 6.07 Å². The van der Waals surface area contributed by atoms with Gasteiger partial charge in [-0.3, -0.25) is 4.79 Å². The van der Waals surface area contributed by atoms with E-state index in [2.05, 4.69) is 10.2 Å². The van der Waals surface area contributed by atoms with Crippen molar-refractivity contribution in [2.75, 3.05) is 18.0 Å². The van der Waals surface area contributed by atoms with E-state index in [1.807, 2.05) is 12.1 Å². The molecule has 2 aliphatic heterocycles. The maximum absolute atomic E-state index is 13.4. The summed E-state index contributed by atoms with van der Waals surface area (Å²) < 4.78 is 56.4. The molecule has 2 fully saturated rings. The molecule has 3 heterocycles. The Hall–Kier alpha value is -3.08. The summed E-state index contributed by atoms with van der Waals surface area (Å²) in [6.07, 6.45) is -2.22. The maximum Gasteiger partial charge on any atom is 0.490 e. The smallest absolute Gasteiger partial charge is 0.475 e. The second-order valence-corrected chi connectivity index (χ2v) is 7.47. The predicted octanol–water partition coefficient (Wildman–Crippen LogP) is 3.35. The van der Waals surface area contributed by atoms with Crippen LogP contribution in [0.25, 0.3) is 0 Å². The Kier molecular flexibility index (Phi) is 7.39. The SMILES string of the molecule is O=C(NCc1ccco1)[C@H]1C[C@@H]2CCN(c3cccc(F)c3)C[C@H]2O1.O=C(O)C(F)(F)F. The summed E-state index contributed by atoms with van der Waals surface area (Å²) >= 11 is 0. The summed E-state index contributed by atoms with van der Waals surface area (Å²) in [4.78, 5) is 23.4. The summed E-state index contributed by atoms with van der Waals surface area (Å²) in [5, 5.41) is 9.99. The number of hydrogen-bond donors (Lipinski definition) is 2. The molecule has 174 valence electrons. The number of halogens is 4. The van der Waals surface area contributed by atoms with Crippen molar-refractivity contribution in [1.29, 1.82) is 0 Å². The third-order valence-corrected chi connectivity index (χ3v) is 5.28. The number of carbonyl (C=O) groups is 2. The Morgan fingerprint density at radius 2 is 1.97 bits per heavy atom. The van der Waals surface area contributed by atoms with Crippen LogP contribution < -0.4 is 10.2 Å². The molecule has 0 aliphatic carbocycles. The van der Waals surface area contributed by atoms with E-state index in [1.54, 1.807) is 24.5 Å². The second kappa shape index (κ2) is 10.0. The molecule has 2 saturated heterocycles. The van der Waals surface area contributed by atoms with Crippen molar-refractivity contribution in [1.82, 2.24) is 5.32 Å². The Bertz CT molecular complexity index is 919. The number of hydrogen-bond acceptors (Lipinski definition) is 5. The van der Waals surface area contributed by atoms with Crippen molar-refractivity contribution in [3.8, 4) is 0 Å². The number of aliphatic carboxylic acids is 1. The van der Waals surface area contributed by atoms with Gasteiger partial charge in [0.2, 0.25) is 5.91 Å². The van der Waals surface area contributed by atoms with Crippen molar-refractivity contribution in [3.63, 3.8) is 0 Å². The fourth-order valence-electron chi connectivity index (χ4n) is 3.71. The molecule has 2 aromatic rings. The number of amides is 1. The first-order valence-corrected chi connectivity index (χ1v) is 9.89. The molecule has 2 N–H and O–H groups in total. The molecular weight excluding hydrogens is 436 g/mol. The molecule has 2 aliphatic rings. The van der Waals surface area contributed by atoms with Crippen LogP contribution in [0.15, 0.2) is 47.1 Å². The minimum Gasteiger partial charge on any atom is -0.475 e. The molecule has 0 bridgehead atoms. The van der Waals surface area contributed by atoms with E-state index in [0.29, 0.717) is 19.0 Å². The van der Waals surface area contributed by atoms with Gasteiger partial charge in [-0.25, -0.2) is 9.18 Å². The van der Waals surface area contributed by atoms with Gasteiger partial charge in [-0.05, 0) is 49.1 Å². The lowest BCUT2D eigenvalue weighted by Crippen LogP contribution is -2.42. The van der Waals surface area contributed by atoms with E-state index >= 15 is 0 Å². The average molecular weight is 458 g/mol. The molecule has 0 unspecified atom stereocenters. The van der Waals surface area contributed by atoms with E-state index in [9.17, 15) is 22.4 Å². The highest BCUT2D eigenvalue weighted by Crippen LogP contribution is 2.35. The Morgan fingerprint density at radius 3 is 2.59 bits per heavy atom. The van der Waals surface area contributed by atoms with Gasteiger partial charge in [0, 0.05) is 18.8 Å². The molecule has 4 rings (SSSR count). The van der Waals surface area contributed by atoms with Crippen LogP contribution in [0.3, 0.4) is 0 Å². The zero-order valence-corrected chi connectivity index (χ0v) is 16.8. The van der Waals surface area contributed by atoms with Crippen LogP contribution in [0.1, 0.15) is 18.6 Å². The number of nitrogens with one attached hydrogen (secondary N) is 1. The van der Waals surface area contributed by atoms with Crippen LogP contribution in [0, 0.1) is 11.7 Å². The lowest BCUT2D eigenvalue weighted by atomic mass is 9.91. The number of alkyl halides is 3. The van der Waals surface area contributed by atoms with Gasteiger partial charge in [0.15, 0.2) is 0 Å². The van der Waals surface area contributed by atoms with Crippen LogP contribution in [0.4, 0.5) is 23.2 Å². The average Bonchev–Trinajstić information content (AvgIpc) is 3.41. The number of ether oxygens (including phenoxy) is 1. The fraction of sp³-hybridized carbons (Fsp3) is 0.429. The van der Waals surface area contributed by atoms with Crippen LogP contribution >= 0.6 is 0 Å². The zero-order chi connectivity index (χ0) is 23.3. The van der Waals surface area contributed by atoms with E-state index in [0.717, 1.165) is 30.8 Å². The minimum absolute atomic E-state index is 0.0105. The van der Waals surface area contributed by atoms with Gasteiger partial charge in [-0.2, -0.15) is 13.2 Å². The first kappa shape index (κ1) is 23.6. The number of piperidine rings is 1. The quantitative estimate of drug-likeness (QED) is 0.683. The van der Waals surface area contributed by atoms with Crippen molar-refractivity contribution in [2.24, 2.45) is 5.92 Å². The van der Waals surface area contributed by atoms with Crippen LogP contribution in [0.5, 0.6) is 0 Å². The monoisotopic (exact) mass is 458 g/mol. The van der Waals surface area contributed by atoms with E-state index in [4.69, 9.17) is 19.1 Å². The normalized spacial score (nSPS) is 22.5. The minimum atomic E-state index is -5.08. The number of carboxylic acids is 1. The Morgan fingerprint density at radius 1 is 1.22 bits per heavy atom. The number of nitrogens with zero attached hydrogens (tertiary/aromatic N) is 1. The molecular formula is C21H22F4N2O5. The summed E-state index contributed by atoms with van der Waals surface area (Å²) in [5.41, 5.74) is 0.868. The molecule has 1 aromatic carbocycles. The van der Waals surface area contributed by atoms with Crippen molar-refractivity contribution in [2.45, 2.75) is 37.8 Å². The van der Waals surface area contributed by atoms with Gasteiger partial charge in [0.1, 0.15) is 17.7 Å². The topological polar surface area (TPSA) is 92.0 Å². The molecule has 1 aromatic heterocycles. The molecule has 1 amide bonds. The van der Waals surface area contributed by atoms with Gasteiger partial charge in [-0.1, -0.05) is 6.07 Å². The van der Waals surface area contributed by atoms with Crippen molar-refractivity contribution >= 4 is 17.6 Å². The summed E-state index contributed by atoms with van der Waals surface area (Å²) in [6, 6.07) is 10.2. The summed E-state index contributed by atoms with van der Waals surface area (Å²) in [6.45, 7) is 1.92. The standard InChI is InChI=1S/C19H21FN2O3.C2HF3O2/c20-14-3-1-4-15(10-14)22-7-6-13-9-17(25-18(13)12-22)19(23)21-11-16-5-2-8-24-16;3-2(4,5)1(6)7/h1-5,8,10,13,17-18H,6-7,9,11-12H2,(H,21,23);(H,6,7)/t13-,17+,18+;/m0./s1. The molecule has 11 heteroatoms. The molecule has 3 atom stereocenters. The van der Waals surface area contributed by atoms with Gasteiger partial charge >= 0.3 is 12.1 Å². The van der Waals surface area contributed by atoms with Crippen molar-refractivity contribution in [3.05, 3.63) is 54.2 Å². The molecule has 32 heavy (non-hydrogen) atoms. The second-order valence-electron chi connectivity index (χ2n) is 7.47. The largest absolute Gasteiger partial charge is 0.490 e. The number of carboxylic acid groups (broad SMARTS) is 1. The van der Waals surface area contributed by atoms with Gasteiger partial charge in [0.25, 0.3) is 0 Å². The van der Waals surface area contributed by atoms with Crippen LogP contribution in [0.2, 0.25) is 0 Å². The number of benzene rings is 1. The number of carbonyl (C=O) groups excluding carboxylic acids is 1. The Labute approximate surface area is 180 Å². The highest BCUT2D eigenvalue weighted by molar-refractivity contribution is 5.81. The van der Waals surface area contributed by atoms with Gasteiger partial charge < -0.3 is 24.5 Å². The van der Waals surface area contributed by atoms with E-state index in [-0.39, 0.29) is 17.8 Å². The zero-order valence-electron chi connectivity index (χ0n) is 16.8. The fourth-order valence-corrected chi connectivity index (χ4v) is 3.71. The van der Waals surface area contributed by atoms with E-state index < -0.39 is 18.2 Å². The number of furan rings is 1. The van der Waals surface area contributed by atoms with Crippen LogP contribution in [-0.4, -0.2) is 48.5 Å². The summed E-state index contributed by atoms with van der Waals surface area (Å²) in [5.74, 6) is -1.98. The first-order chi connectivity index (χ1) is 15.1. The Balaban J connectivity index is 0.000000360. The lowest BCUT2D eigenvalue weighted by molar-refractivity contribution is -0.192. The number of fused-ring (bicyclic) bond motifs is 1. The molecule has 0 spiro atoms. The highest BCUT2D eigenvalue weighted by Gasteiger charge is 2.42. The first-order valence-electron chi connectivity index (χ1n) is 9.89. The summed E-state index contributed by atoms with van der Waals surface area (Å²) in [7, 11) is 0. The third-order valence-electron chi connectivity index (χ3n) is 5.28. The van der Waals surface area contributed by atoms with Crippen LogP contribution in [-0.2, 0) is 20.9 Å². The van der Waals surface area contributed by atoms with Gasteiger partial charge in [-0.15, -0.1) is 0 Å². The van der Waals surface area contributed by atoms with Crippen molar-refractivity contribution < 1.29 is 41.4 Å². The predicted molar refractivity (Wildman–Crippen MR) is 104 cm³/mol.